The number of rotatable bonds is 5. The quantitative estimate of drug-likeness (QED) is 0.808. The molecule has 0 spiro atoms. The molecule has 1 unspecified atom stereocenters. The first kappa shape index (κ1) is 12.9. The molecule has 1 aliphatic heterocycles. The Balaban J connectivity index is 1.85. The van der Waals surface area contributed by atoms with E-state index in [-0.39, 0.29) is 11.6 Å². The molecule has 1 aromatic rings. The van der Waals surface area contributed by atoms with Crippen LogP contribution >= 0.6 is 0 Å². The molecular formula is C13H18N2O3. The lowest BCUT2D eigenvalue weighted by molar-refractivity contribution is 0.0691. The lowest BCUT2D eigenvalue weighted by atomic mass is 10.2. The van der Waals surface area contributed by atoms with Crippen molar-refractivity contribution in [2.45, 2.75) is 12.5 Å². The summed E-state index contributed by atoms with van der Waals surface area (Å²) >= 11 is 0. The van der Waals surface area contributed by atoms with Crippen LogP contribution in [-0.4, -0.2) is 48.3 Å². The molecule has 3 N–H and O–H groups in total. The van der Waals surface area contributed by atoms with Crippen LogP contribution in [0.1, 0.15) is 16.8 Å². The Morgan fingerprint density at radius 3 is 2.94 bits per heavy atom. The zero-order chi connectivity index (χ0) is 13.0. The van der Waals surface area contributed by atoms with Gasteiger partial charge in [-0.05, 0) is 25.1 Å². The number of para-hydroxylation sites is 1. The average molecular weight is 250 g/mol. The number of ether oxygens (including phenoxy) is 1. The summed E-state index contributed by atoms with van der Waals surface area (Å²) in [6.45, 7) is 3.15. The van der Waals surface area contributed by atoms with Crippen LogP contribution in [0.25, 0.3) is 0 Å². The van der Waals surface area contributed by atoms with Gasteiger partial charge in [0.1, 0.15) is 17.9 Å². The number of aromatic carboxylic acids is 1. The molecule has 0 saturated carbocycles. The van der Waals surface area contributed by atoms with Crippen LogP contribution in [-0.2, 0) is 0 Å². The maximum atomic E-state index is 11.0. The van der Waals surface area contributed by atoms with Crippen LogP contribution in [0.5, 0.6) is 5.75 Å². The molecule has 1 aliphatic rings. The third-order valence-corrected chi connectivity index (χ3v) is 3.09. The van der Waals surface area contributed by atoms with E-state index >= 15 is 0 Å². The minimum Gasteiger partial charge on any atom is -0.491 e. The zero-order valence-corrected chi connectivity index (χ0v) is 10.2. The van der Waals surface area contributed by atoms with E-state index in [1.54, 1.807) is 24.3 Å². The first-order valence-electron chi connectivity index (χ1n) is 6.10. The van der Waals surface area contributed by atoms with Gasteiger partial charge < -0.3 is 15.6 Å². The highest BCUT2D eigenvalue weighted by molar-refractivity contribution is 5.90. The van der Waals surface area contributed by atoms with Crippen LogP contribution in [0.15, 0.2) is 24.3 Å². The molecule has 0 aliphatic carbocycles. The van der Waals surface area contributed by atoms with Crippen molar-refractivity contribution in [2.24, 2.45) is 5.73 Å². The smallest absolute Gasteiger partial charge is 0.339 e. The highest BCUT2D eigenvalue weighted by atomic mass is 16.5. The molecular weight excluding hydrogens is 232 g/mol. The van der Waals surface area contributed by atoms with Crippen molar-refractivity contribution in [3.05, 3.63) is 29.8 Å². The summed E-state index contributed by atoms with van der Waals surface area (Å²) < 4.78 is 5.53. The summed E-state index contributed by atoms with van der Waals surface area (Å²) in [6.07, 6.45) is 1.02. The minimum atomic E-state index is -0.964. The fourth-order valence-electron chi connectivity index (χ4n) is 2.12. The highest BCUT2D eigenvalue weighted by Gasteiger charge is 2.18. The maximum absolute atomic E-state index is 11.0. The molecule has 1 aromatic carbocycles. The fourth-order valence-corrected chi connectivity index (χ4v) is 2.12. The van der Waals surface area contributed by atoms with Crippen LogP contribution < -0.4 is 10.5 Å². The number of nitrogens with two attached hydrogens (primary N) is 1. The number of likely N-dealkylation sites (tertiary alicyclic amines) is 1. The first-order valence-corrected chi connectivity index (χ1v) is 6.10. The summed E-state index contributed by atoms with van der Waals surface area (Å²) in [6, 6.07) is 6.95. The van der Waals surface area contributed by atoms with Crippen molar-refractivity contribution in [1.29, 1.82) is 0 Å². The van der Waals surface area contributed by atoms with Crippen molar-refractivity contribution in [3.63, 3.8) is 0 Å². The van der Waals surface area contributed by atoms with Gasteiger partial charge in [-0.15, -0.1) is 0 Å². The molecule has 0 bridgehead atoms. The Kier molecular flexibility index (Phi) is 4.17. The average Bonchev–Trinajstić information content (AvgIpc) is 2.75. The van der Waals surface area contributed by atoms with Gasteiger partial charge in [-0.1, -0.05) is 12.1 Å². The van der Waals surface area contributed by atoms with Gasteiger partial charge in [-0.2, -0.15) is 0 Å². The third-order valence-electron chi connectivity index (χ3n) is 3.09. The molecule has 2 rings (SSSR count). The third kappa shape index (κ3) is 3.21. The van der Waals surface area contributed by atoms with E-state index in [4.69, 9.17) is 15.6 Å². The van der Waals surface area contributed by atoms with Crippen LogP contribution in [0, 0.1) is 0 Å². The van der Waals surface area contributed by atoms with Crippen LogP contribution in [0.2, 0.25) is 0 Å². The second kappa shape index (κ2) is 5.84. The van der Waals surface area contributed by atoms with Crippen molar-refractivity contribution >= 4 is 5.97 Å². The molecule has 1 saturated heterocycles. The second-order valence-electron chi connectivity index (χ2n) is 4.50. The molecule has 5 nitrogen and oxygen atoms in total. The predicted octanol–water partition coefficient (Wildman–Crippen LogP) is 0.797. The number of carboxylic acid groups (broad SMARTS) is 1. The van der Waals surface area contributed by atoms with Crippen molar-refractivity contribution in [3.8, 4) is 5.75 Å². The maximum Gasteiger partial charge on any atom is 0.339 e. The van der Waals surface area contributed by atoms with E-state index in [9.17, 15) is 4.79 Å². The number of benzene rings is 1. The molecule has 1 heterocycles. The monoisotopic (exact) mass is 250 g/mol. The zero-order valence-electron chi connectivity index (χ0n) is 10.2. The number of hydrogen-bond donors (Lipinski definition) is 2. The van der Waals surface area contributed by atoms with E-state index in [1.807, 2.05) is 0 Å². The molecule has 0 amide bonds. The Morgan fingerprint density at radius 2 is 2.28 bits per heavy atom. The van der Waals surface area contributed by atoms with Gasteiger partial charge in [-0.3, -0.25) is 4.90 Å². The fraction of sp³-hybridized carbons (Fsp3) is 0.462. The van der Waals surface area contributed by atoms with Gasteiger partial charge >= 0.3 is 5.97 Å². The molecule has 0 aromatic heterocycles. The van der Waals surface area contributed by atoms with E-state index < -0.39 is 5.97 Å². The minimum absolute atomic E-state index is 0.204. The Bertz CT molecular complexity index is 422. The van der Waals surface area contributed by atoms with Crippen molar-refractivity contribution in [1.82, 2.24) is 4.90 Å². The number of carboxylic acids is 1. The van der Waals surface area contributed by atoms with Gasteiger partial charge in [0.15, 0.2) is 0 Å². The molecule has 1 fully saturated rings. The Morgan fingerprint density at radius 1 is 1.50 bits per heavy atom. The summed E-state index contributed by atoms with van der Waals surface area (Å²) in [5.74, 6) is -0.540. The number of carbonyl (C=O) groups is 1. The summed E-state index contributed by atoms with van der Waals surface area (Å²) in [5, 5.41) is 9.00. The lowest BCUT2D eigenvalue weighted by Crippen LogP contribution is -2.30. The summed E-state index contributed by atoms with van der Waals surface area (Å²) in [4.78, 5) is 13.2. The lowest BCUT2D eigenvalue weighted by Gasteiger charge is -2.16. The van der Waals surface area contributed by atoms with Gasteiger partial charge in [0.05, 0.1) is 0 Å². The van der Waals surface area contributed by atoms with Crippen molar-refractivity contribution in [2.75, 3.05) is 26.2 Å². The Labute approximate surface area is 106 Å². The van der Waals surface area contributed by atoms with Gasteiger partial charge in [-0.25, -0.2) is 4.79 Å². The first-order chi connectivity index (χ1) is 8.66. The largest absolute Gasteiger partial charge is 0.491 e. The predicted molar refractivity (Wildman–Crippen MR) is 67.9 cm³/mol. The molecule has 98 valence electrons. The van der Waals surface area contributed by atoms with Gasteiger partial charge in [0.25, 0.3) is 0 Å². The number of nitrogens with zero attached hydrogens (tertiary/aromatic N) is 1. The highest BCUT2D eigenvalue weighted by Crippen LogP contribution is 2.17. The molecule has 5 heteroatoms. The van der Waals surface area contributed by atoms with Crippen LogP contribution in [0.4, 0.5) is 0 Å². The second-order valence-corrected chi connectivity index (χ2v) is 4.50. The summed E-state index contributed by atoms with van der Waals surface area (Å²) in [7, 11) is 0. The SMILES string of the molecule is NC1CCN(CCOc2ccccc2C(=O)O)C1. The van der Waals surface area contributed by atoms with Crippen LogP contribution in [0.3, 0.4) is 0 Å². The van der Waals surface area contributed by atoms with E-state index in [0.717, 1.165) is 26.1 Å². The van der Waals surface area contributed by atoms with E-state index in [1.165, 1.54) is 0 Å². The van der Waals surface area contributed by atoms with Gasteiger partial charge in [0.2, 0.25) is 0 Å². The standard InChI is InChI=1S/C13H18N2O3/c14-10-5-6-15(9-10)7-8-18-12-4-2-1-3-11(12)13(16)17/h1-4,10H,5-9,14H2,(H,16,17). The molecule has 18 heavy (non-hydrogen) atoms. The van der Waals surface area contributed by atoms with E-state index in [2.05, 4.69) is 4.90 Å². The Hall–Kier alpha value is -1.59. The topological polar surface area (TPSA) is 75.8 Å². The number of hydrogen-bond acceptors (Lipinski definition) is 4. The summed E-state index contributed by atoms with van der Waals surface area (Å²) in [5.41, 5.74) is 6.02. The molecule has 0 radical (unpaired) electrons. The van der Waals surface area contributed by atoms with Crippen molar-refractivity contribution < 1.29 is 14.6 Å². The normalized spacial score (nSPS) is 19.9. The molecule has 1 atom stereocenters. The van der Waals surface area contributed by atoms with Gasteiger partial charge in [0, 0.05) is 19.1 Å². The van der Waals surface area contributed by atoms with E-state index in [0.29, 0.717) is 12.4 Å².